The summed E-state index contributed by atoms with van der Waals surface area (Å²) in [4.78, 5) is 39.3. The van der Waals surface area contributed by atoms with Crippen LogP contribution in [0.1, 0.15) is 0 Å². The topological polar surface area (TPSA) is 106 Å². The third-order valence-corrected chi connectivity index (χ3v) is 7.33. The van der Waals surface area contributed by atoms with E-state index in [2.05, 4.69) is 0 Å². The molecular weight excluding hydrogens is 519 g/mol. The van der Waals surface area contributed by atoms with Crippen LogP contribution in [0, 0.1) is 0 Å². The summed E-state index contributed by atoms with van der Waals surface area (Å²) in [5.41, 5.74) is 5.78. The number of aromatic nitrogens is 8. The molecule has 0 N–H and O–H groups in total. The normalized spacial score (nSPS) is 11.7. The summed E-state index contributed by atoms with van der Waals surface area (Å²) in [6.45, 7) is 0. The zero-order valence-corrected chi connectivity index (χ0v) is 23.8. The molecule has 0 radical (unpaired) electrons. The molecule has 0 amide bonds. The van der Waals surface area contributed by atoms with E-state index in [1.165, 1.54) is 0 Å². The third-order valence-electron chi connectivity index (χ3n) is 7.33. The minimum atomic E-state index is 0. The van der Waals surface area contributed by atoms with Gasteiger partial charge in [-0.1, -0.05) is 97.1 Å². The van der Waals surface area contributed by atoms with Crippen molar-refractivity contribution in [1.82, 2.24) is 39.9 Å². The van der Waals surface area contributed by atoms with Gasteiger partial charge in [-0.05, 0) is 21.5 Å². The van der Waals surface area contributed by atoms with E-state index in [0.29, 0.717) is 45.9 Å². The van der Waals surface area contributed by atoms with E-state index >= 15 is 0 Å². The molecule has 41 heavy (non-hydrogen) atoms. The first-order chi connectivity index (χ1) is 19.8. The molecule has 0 fully saturated rings. The van der Waals surface area contributed by atoms with Crippen molar-refractivity contribution in [2.24, 2.45) is 0 Å². The Balaban J connectivity index is 0.00000256. The second-order valence-electron chi connectivity index (χ2n) is 9.67. The zero-order valence-electron chi connectivity index (χ0n) is 21.8. The molecule has 4 aromatic carbocycles. The van der Waals surface area contributed by atoms with Crippen LogP contribution in [0.3, 0.4) is 0 Å². The molecule has 8 bridgehead atoms. The molecule has 2 aliphatic rings. The van der Waals surface area contributed by atoms with Gasteiger partial charge in [0.1, 0.15) is 0 Å². The third kappa shape index (κ3) is 3.65. The van der Waals surface area contributed by atoms with Crippen LogP contribution in [-0.2, 0) is 0 Å². The molecule has 0 saturated carbocycles. The van der Waals surface area contributed by atoms with Crippen molar-refractivity contribution in [3.8, 4) is 45.6 Å². The molecule has 7 aromatic rings. The van der Waals surface area contributed by atoms with Gasteiger partial charge in [-0.3, -0.25) is 0 Å². The molecule has 0 aliphatic carbocycles. The first-order valence-corrected chi connectivity index (χ1v) is 12.9. The van der Waals surface area contributed by atoms with Gasteiger partial charge in [0.2, 0.25) is 0 Å². The van der Waals surface area contributed by atoms with Gasteiger partial charge in [0, 0.05) is 44.8 Å². The maximum absolute atomic E-state index is 4.95. The summed E-state index contributed by atoms with van der Waals surface area (Å²) in [6, 6.07) is 31.8. The number of benzene rings is 4. The van der Waals surface area contributed by atoms with E-state index in [1.54, 1.807) is 0 Å². The van der Waals surface area contributed by atoms with Gasteiger partial charge in [0.25, 0.3) is 0 Å². The van der Waals surface area contributed by atoms with Crippen LogP contribution in [-0.4, -0.2) is 29.9 Å². The van der Waals surface area contributed by atoms with Crippen LogP contribution in [0.2, 0.25) is 0 Å². The molecule has 5 heterocycles. The van der Waals surface area contributed by atoms with Gasteiger partial charge in [-0.25, -0.2) is 9.97 Å². The fourth-order valence-corrected chi connectivity index (χ4v) is 5.46. The van der Waals surface area contributed by atoms with E-state index in [9.17, 15) is 0 Å². The minimum Gasteiger partial charge on any atom is -0.357 e. The Hall–Kier alpha value is -4.76. The second-order valence-corrected chi connectivity index (χ2v) is 9.67. The van der Waals surface area contributed by atoms with Gasteiger partial charge in [-0.2, -0.15) is 0 Å². The smallest absolute Gasteiger partial charge is 0.357 e. The number of hydrogen-bond donors (Lipinski definition) is 0. The van der Waals surface area contributed by atoms with Gasteiger partial charge in [0.05, 0.1) is 23.3 Å². The molecule has 186 valence electrons. The van der Waals surface area contributed by atoms with E-state index in [4.69, 9.17) is 39.9 Å². The molecule has 2 aliphatic heterocycles. The van der Waals surface area contributed by atoms with Crippen molar-refractivity contribution in [1.29, 1.82) is 0 Å². The van der Waals surface area contributed by atoms with Crippen LogP contribution in [0.25, 0.3) is 89.7 Å². The molecule has 9 heteroatoms. The standard InChI is InChI=1S/C32H16N8.Na/c1-2-10-18-17(9-1)25-33-26(18)38-28-21-13-5-6-14-22(21)30(35-28)40-32-24-16-8-7-15-23(24)31(36-32)39-29-20-12-4-3-11-19(20)27(34-29)37-25;/h1-16H;/q-2;+1. The fourth-order valence-electron chi connectivity index (χ4n) is 5.46. The van der Waals surface area contributed by atoms with Crippen molar-refractivity contribution in [2.75, 3.05) is 0 Å². The molecule has 8 nitrogen and oxygen atoms in total. The summed E-state index contributed by atoms with van der Waals surface area (Å²) in [7, 11) is 0. The first kappa shape index (κ1) is 24.1. The monoisotopic (exact) mass is 535 g/mol. The summed E-state index contributed by atoms with van der Waals surface area (Å²) in [6.07, 6.45) is 0. The molecular formula is C32H16N8Na-. The van der Waals surface area contributed by atoms with E-state index in [0.717, 1.165) is 43.8 Å². The second kappa shape index (κ2) is 9.14. The number of fused-ring (bicyclic) bond motifs is 20. The van der Waals surface area contributed by atoms with Crippen LogP contribution in [0.5, 0.6) is 0 Å². The number of rotatable bonds is 0. The largest absolute Gasteiger partial charge is 1.00 e. The predicted octanol–water partition coefficient (Wildman–Crippen LogP) is 3.13. The van der Waals surface area contributed by atoms with E-state index in [-0.39, 0.29) is 29.6 Å². The molecule has 0 unspecified atom stereocenters. The maximum Gasteiger partial charge on any atom is 1.00 e. The average Bonchev–Trinajstić information content (AvgIpc) is 3.73. The average molecular weight is 536 g/mol. The predicted molar refractivity (Wildman–Crippen MR) is 154 cm³/mol. The van der Waals surface area contributed by atoms with Crippen LogP contribution < -0.4 is 39.5 Å². The molecule has 0 spiro atoms. The summed E-state index contributed by atoms with van der Waals surface area (Å²) in [5.74, 6) is 2.21. The minimum absolute atomic E-state index is 0. The Morgan fingerprint density at radius 3 is 0.829 bits per heavy atom. The first-order valence-electron chi connectivity index (χ1n) is 12.9. The summed E-state index contributed by atoms with van der Waals surface area (Å²) in [5, 5.41) is 3.57. The van der Waals surface area contributed by atoms with Crippen LogP contribution in [0.15, 0.2) is 97.1 Å². The Morgan fingerprint density at radius 1 is 0.317 bits per heavy atom. The molecule has 3 aromatic heterocycles. The Kier molecular flexibility index (Phi) is 5.36. The van der Waals surface area contributed by atoms with Crippen molar-refractivity contribution in [3.05, 3.63) is 97.1 Å². The van der Waals surface area contributed by atoms with E-state index < -0.39 is 0 Å². The van der Waals surface area contributed by atoms with Crippen LogP contribution in [0.4, 0.5) is 0 Å². The van der Waals surface area contributed by atoms with Crippen LogP contribution >= 0.6 is 0 Å². The number of nitrogens with zero attached hydrogens (tertiary/aromatic N) is 8. The van der Waals surface area contributed by atoms with Gasteiger partial charge < -0.3 is 29.9 Å². The van der Waals surface area contributed by atoms with Gasteiger partial charge in [0.15, 0.2) is 0 Å². The van der Waals surface area contributed by atoms with Crippen molar-refractivity contribution < 1.29 is 29.6 Å². The van der Waals surface area contributed by atoms with Crippen molar-refractivity contribution in [2.45, 2.75) is 0 Å². The van der Waals surface area contributed by atoms with E-state index in [1.807, 2.05) is 97.1 Å². The summed E-state index contributed by atoms with van der Waals surface area (Å²) >= 11 is 0. The quantitative estimate of drug-likeness (QED) is 0.273. The Labute approximate surface area is 254 Å². The molecule has 9 rings (SSSR count). The molecule has 0 saturated heterocycles. The Bertz CT molecular complexity index is 2030. The number of hydrogen-bond acceptors (Lipinski definition) is 6. The Morgan fingerprint density at radius 2 is 0.561 bits per heavy atom. The molecule has 0 atom stereocenters. The van der Waals surface area contributed by atoms with Gasteiger partial charge in [-0.15, -0.1) is 0 Å². The summed E-state index contributed by atoms with van der Waals surface area (Å²) < 4.78 is 0. The maximum atomic E-state index is 4.95. The zero-order chi connectivity index (χ0) is 26.2. The van der Waals surface area contributed by atoms with Crippen molar-refractivity contribution in [3.63, 3.8) is 0 Å². The SMILES string of the molecule is [Na+].c1ccc2c(c1)-c1nc-2nc2[n-]c(nc3nc(nc4[n-]c(n1)c1ccccc41)-c1ccccc1-3)c1ccccc21. The van der Waals surface area contributed by atoms with Crippen molar-refractivity contribution >= 4 is 44.1 Å². The van der Waals surface area contributed by atoms with Gasteiger partial charge >= 0.3 is 29.6 Å². The fraction of sp³-hybridized carbons (Fsp3) is 0.